The van der Waals surface area contributed by atoms with Gasteiger partial charge in [0.25, 0.3) is 0 Å². The zero-order valence-electron chi connectivity index (χ0n) is 20.3. The maximum Gasteiger partial charge on any atom is 0.244 e. The summed E-state index contributed by atoms with van der Waals surface area (Å²) in [7, 11) is 1.66. The van der Waals surface area contributed by atoms with Gasteiger partial charge < -0.3 is 19.5 Å². The summed E-state index contributed by atoms with van der Waals surface area (Å²) in [5, 5.41) is 2.85. The van der Waals surface area contributed by atoms with E-state index in [0.717, 1.165) is 42.1 Å². The van der Waals surface area contributed by atoms with Crippen LogP contribution in [0, 0.1) is 5.92 Å². The van der Waals surface area contributed by atoms with E-state index in [2.05, 4.69) is 30.1 Å². The van der Waals surface area contributed by atoms with Gasteiger partial charge in [-0.25, -0.2) is 0 Å². The number of hydrogen-bond acceptors (Lipinski definition) is 6. The van der Waals surface area contributed by atoms with Gasteiger partial charge in [0.15, 0.2) is 11.5 Å². The predicted molar refractivity (Wildman–Crippen MR) is 131 cm³/mol. The van der Waals surface area contributed by atoms with Gasteiger partial charge in [-0.15, -0.1) is 0 Å². The summed E-state index contributed by atoms with van der Waals surface area (Å²) in [5.74, 6) is 1.40. The zero-order chi connectivity index (χ0) is 24.3. The number of likely N-dealkylation sites (tertiary alicyclic amines) is 1. The van der Waals surface area contributed by atoms with Gasteiger partial charge in [-0.3, -0.25) is 19.4 Å². The van der Waals surface area contributed by atoms with Crippen LogP contribution in [-0.2, 0) is 14.3 Å². The molecule has 2 amide bonds. The molecule has 2 saturated heterocycles. The number of carbonyl (C=O) groups is 2. The number of anilines is 2. The molecule has 0 saturated carbocycles. The highest BCUT2D eigenvalue weighted by molar-refractivity contribution is 6.10. The largest absolute Gasteiger partial charge is 0.493 e. The highest BCUT2D eigenvalue weighted by Gasteiger charge is 2.53. The zero-order valence-corrected chi connectivity index (χ0v) is 20.3. The second kappa shape index (κ2) is 8.24. The maximum atomic E-state index is 13.4. The number of carbonyl (C=O) groups excluding carboxylic acids is 2. The standard InChI is InChI=1S/C27H31N3O5/c1-27(2)17-13-20-21(34-25(17)16-7-6-10-22(33-3)26(16)35-27)11-12-29(20)15-24(32)30-14-23(31)28-18-8-4-5-9-19(18)30/h4-10,17,20-21,25H,11-15H2,1-3H3,(H,28,31)/t17-,20+,21-,25+/m1/s1. The average Bonchev–Trinajstić information content (AvgIpc) is 3.23. The Labute approximate surface area is 205 Å². The molecule has 4 heterocycles. The molecule has 2 aromatic rings. The Morgan fingerprint density at radius 3 is 2.86 bits per heavy atom. The highest BCUT2D eigenvalue weighted by atomic mass is 16.5. The minimum atomic E-state index is -0.445. The molecule has 0 bridgehead atoms. The first-order chi connectivity index (χ1) is 16.9. The van der Waals surface area contributed by atoms with Crippen LogP contribution in [0.4, 0.5) is 11.4 Å². The van der Waals surface area contributed by atoms with Crippen molar-refractivity contribution in [2.24, 2.45) is 5.92 Å². The molecular formula is C27H31N3O5. The third-order valence-corrected chi connectivity index (χ3v) is 7.99. The molecule has 184 valence electrons. The van der Waals surface area contributed by atoms with Gasteiger partial charge in [0.05, 0.1) is 37.2 Å². The van der Waals surface area contributed by atoms with Gasteiger partial charge in [0.2, 0.25) is 11.8 Å². The molecular weight excluding hydrogens is 446 g/mol. The van der Waals surface area contributed by atoms with Crippen LogP contribution in [-0.4, -0.2) is 61.2 Å². The van der Waals surface area contributed by atoms with E-state index in [1.807, 2.05) is 36.4 Å². The van der Waals surface area contributed by atoms with Crippen LogP contribution in [0.3, 0.4) is 0 Å². The molecule has 0 aliphatic carbocycles. The Morgan fingerprint density at radius 1 is 1.20 bits per heavy atom. The van der Waals surface area contributed by atoms with Crippen LogP contribution in [0.1, 0.15) is 38.4 Å². The SMILES string of the molecule is COc1cccc2c1OC(C)(C)[C@@H]1C[C@H]3[C@@H](CCN3CC(=O)N3CC(=O)Nc4ccccc43)O[C@@H]21. The molecule has 35 heavy (non-hydrogen) atoms. The van der Waals surface area contributed by atoms with E-state index in [9.17, 15) is 9.59 Å². The van der Waals surface area contributed by atoms with Crippen molar-refractivity contribution in [1.29, 1.82) is 0 Å². The van der Waals surface area contributed by atoms with Gasteiger partial charge in [-0.05, 0) is 44.9 Å². The van der Waals surface area contributed by atoms with E-state index >= 15 is 0 Å². The number of nitrogens with one attached hydrogen (secondary N) is 1. The summed E-state index contributed by atoms with van der Waals surface area (Å²) in [4.78, 5) is 29.5. The lowest BCUT2D eigenvalue weighted by Gasteiger charge is -2.51. The van der Waals surface area contributed by atoms with E-state index in [1.54, 1.807) is 12.0 Å². The highest BCUT2D eigenvalue weighted by Crippen LogP contribution is 2.54. The normalized spacial score (nSPS) is 28.7. The lowest BCUT2D eigenvalue weighted by atomic mass is 9.74. The molecule has 8 nitrogen and oxygen atoms in total. The number of hydrogen-bond donors (Lipinski definition) is 1. The van der Waals surface area contributed by atoms with Crippen LogP contribution in [0.25, 0.3) is 0 Å². The Balaban J connectivity index is 1.23. The Bertz CT molecular complexity index is 1180. The second-order valence-corrected chi connectivity index (χ2v) is 10.4. The Morgan fingerprint density at radius 2 is 2.03 bits per heavy atom. The molecule has 2 fully saturated rings. The number of benzene rings is 2. The quantitative estimate of drug-likeness (QED) is 0.730. The van der Waals surface area contributed by atoms with Crippen molar-refractivity contribution in [3.05, 3.63) is 48.0 Å². The van der Waals surface area contributed by atoms with Crippen LogP contribution in [0.5, 0.6) is 11.5 Å². The van der Waals surface area contributed by atoms with Gasteiger partial charge in [-0.2, -0.15) is 0 Å². The lowest BCUT2D eigenvalue weighted by Crippen LogP contribution is -2.55. The number of rotatable bonds is 3. The predicted octanol–water partition coefficient (Wildman–Crippen LogP) is 3.37. The number of fused-ring (bicyclic) bond motifs is 5. The molecule has 0 spiro atoms. The van der Waals surface area contributed by atoms with Crippen molar-refractivity contribution < 1.29 is 23.8 Å². The summed E-state index contributed by atoms with van der Waals surface area (Å²) in [6.45, 7) is 5.30. The van der Waals surface area contributed by atoms with Crippen LogP contribution in [0.15, 0.2) is 42.5 Å². The summed E-state index contributed by atoms with van der Waals surface area (Å²) >= 11 is 0. The van der Waals surface area contributed by atoms with E-state index in [0.29, 0.717) is 5.69 Å². The van der Waals surface area contributed by atoms with Gasteiger partial charge in [0, 0.05) is 24.1 Å². The number of amides is 2. The van der Waals surface area contributed by atoms with Crippen molar-refractivity contribution in [3.8, 4) is 11.5 Å². The minimum Gasteiger partial charge on any atom is -0.493 e. The van der Waals surface area contributed by atoms with Crippen LogP contribution < -0.4 is 19.7 Å². The van der Waals surface area contributed by atoms with E-state index in [1.165, 1.54) is 0 Å². The van der Waals surface area contributed by atoms with Crippen LogP contribution >= 0.6 is 0 Å². The summed E-state index contributed by atoms with van der Waals surface area (Å²) < 4.78 is 18.8. The first-order valence-corrected chi connectivity index (χ1v) is 12.3. The third kappa shape index (κ3) is 3.67. The van der Waals surface area contributed by atoms with Crippen molar-refractivity contribution >= 4 is 23.2 Å². The molecule has 2 aromatic carbocycles. The molecule has 0 unspecified atom stereocenters. The number of para-hydroxylation sites is 3. The first-order valence-electron chi connectivity index (χ1n) is 12.3. The summed E-state index contributed by atoms with van der Waals surface area (Å²) in [5.41, 5.74) is 2.02. The minimum absolute atomic E-state index is 0.0401. The molecule has 0 radical (unpaired) electrons. The molecule has 4 aliphatic rings. The summed E-state index contributed by atoms with van der Waals surface area (Å²) in [6.07, 6.45) is 1.73. The fourth-order valence-corrected chi connectivity index (χ4v) is 6.23. The van der Waals surface area contributed by atoms with Crippen molar-refractivity contribution in [3.63, 3.8) is 0 Å². The van der Waals surface area contributed by atoms with E-state index < -0.39 is 5.60 Å². The van der Waals surface area contributed by atoms with E-state index in [4.69, 9.17) is 14.2 Å². The van der Waals surface area contributed by atoms with Gasteiger partial charge in [-0.1, -0.05) is 24.3 Å². The number of nitrogens with zero attached hydrogens (tertiary/aromatic N) is 2. The second-order valence-electron chi connectivity index (χ2n) is 10.4. The van der Waals surface area contributed by atoms with Gasteiger partial charge >= 0.3 is 0 Å². The fraction of sp³-hybridized carbons (Fsp3) is 0.481. The third-order valence-electron chi connectivity index (χ3n) is 7.99. The fourth-order valence-electron chi connectivity index (χ4n) is 6.23. The van der Waals surface area contributed by atoms with Crippen molar-refractivity contribution in [2.75, 3.05) is 37.0 Å². The van der Waals surface area contributed by atoms with Crippen molar-refractivity contribution in [1.82, 2.24) is 4.90 Å². The molecule has 4 aliphatic heterocycles. The lowest BCUT2D eigenvalue weighted by molar-refractivity contribution is -0.163. The monoisotopic (exact) mass is 477 g/mol. The first kappa shape index (κ1) is 22.4. The molecule has 8 heteroatoms. The topological polar surface area (TPSA) is 80.3 Å². The maximum absolute atomic E-state index is 13.4. The van der Waals surface area contributed by atoms with E-state index in [-0.39, 0.29) is 49.1 Å². The number of ether oxygens (including phenoxy) is 3. The summed E-state index contributed by atoms with van der Waals surface area (Å²) in [6, 6.07) is 13.5. The molecule has 0 aromatic heterocycles. The molecule has 6 rings (SSSR count). The smallest absolute Gasteiger partial charge is 0.244 e. The Hall–Kier alpha value is -3.10. The van der Waals surface area contributed by atoms with Crippen LogP contribution in [0.2, 0.25) is 0 Å². The average molecular weight is 478 g/mol. The molecule has 1 N–H and O–H groups in total. The number of methoxy groups -OCH3 is 1. The molecule has 4 atom stereocenters. The Kier molecular flexibility index (Phi) is 5.27. The van der Waals surface area contributed by atoms with Crippen molar-refractivity contribution in [2.45, 2.75) is 50.5 Å². The van der Waals surface area contributed by atoms with Gasteiger partial charge in [0.1, 0.15) is 12.1 Å².